The van der Waals surface area contributed by atoms with Crippen molar-refractivity contribution in [3.63, 3.8) is 0 Å². The van der Waals surface area contributed by atoms with Crippen LogP contribution in [-0.4, -0.2) is 18.0 Å². The van der Waals surface area contributed by atoms with Gasteiger partial charge in [-0.1, -0.05) is 32.0 Å². The largest absolute Gasteiger partial charge is 0.397 e. The van der Waals surface area contributed by atoms with Crippen LogP contribution in [0.3, 0.4) is 0 Å². The Labute approximate surface area is 157 Å². The number of pyridine rings is 1. The molecule has 0 unspecified atom stereocenters. The number of hydrogen-bond donors (Lipinski definition) is 2. The number of hydrogen-bond acceptors (Lipinski definition) is 5. The number of ether oxygens (including phenoxy) is 1. The summed E-state index contributed by atoms with van der Waals surface area (Å²) in [5.41, 5.74) is 10.5. The minimum Gasteiger partial charge on any atom is -0.397 e. The first kappa shape index (κ1) is 18.4. The minimum atomic E-state index is -0.209. The third kappa shape index (κ3) is 3.43. The van der Waals surface area contributed by atoms with Crippen molar-refractivity contribution in [3.8, 4) is 0 Å². The first-order valence-corrected chi connectivity index (χ1v) is 9.31. The second-order valence-corrected chi connectivity index (χ2v) is 7.58. The molecule has 2 heterocycles. The second kappa shape index (κ2) is 7.43. The minimum absolute atomic E-state index is 0.209. The van der Waals surface area contributed by atoms with Crippen molar-refractivity contribution < 1.29 is 9.53 Å². The molecule has 1 amide bonds. The fraction of sp³-hybridized carbons (Fsp3) is 0.300. The summed E-state index contributed by atoms with van der Waals surface area (Å²) in [5.74, 6) is 0.100. The molecule has 0 aliphatic rings. The lowest BCUT2D eigenvalue weighted by Gasteiger charge is -2.13. The molecule has 0 radical (unpaired) electrons. The van der Waals surface area contributed by atoms with E-state index in [1.54, 1.807) is 7.11 Å². The number of aryl methyl sites for hydroxylation is 1. The average Bonchev–Trinajstić information content (AvgIpc) is 2.92. The van der Waals surface area contributed by atoms with Gasteiger partial charge in [-0.3, -0.25) is 4.79 Å². The molecule has 3 aromatic rings. The molecule has 0 spiro atoms. The van der Waals surface area contributed by atoms with Gasteiger partial charge in [-0.25, -0.2) is 4.98 Å². The SMILES string of the molecule is COCc1cc(C)nc2sc(C(=O)Nc3ccccc3C(C)C)c(N)c12. The summed E-state index contributed by atoms with van der Waals surface area (Å²) in [6, 6.07) is 9.77. The van der Waals surface area contributed by atoms with Crippen LogP contribution in [-0.2, 0) is 11.3 Å². The zero-order valence-electron chi connectivity index (χ0n) is 15.4. The van der Waals surface area contributed by atoms with Crippen molar-refractivity contribution >= 4 is 38.8 Å². The summed E-state index contributed by atoms with van der Waals surface area (Å²) < 4.78 is 5.27. The highest BCUT2D eigenvalue weighted by Gasteiger charge is 2.21. The maximum Gasteiger partial charge on any atom is 0.267 e. The molecule has 0 atom stereocenters. The normalized spacial score (nSPS) is 11.3. The van der Waals surface area contributed by atoms with E-state index in [2.05, 4.69) is 24.1 Å². The van der Waals surface area contributed by atoms with Crippen LogP contribution < -0.4 is 11.1 Å². The van der Waals surface area contributed by atoms with Crippen molar-refractivity contribution in [2.45, 2.75) is 33.3 Å². The number of anilines is 2. The van der Waals surface area contributed by atoms with Gasteiger partial charge in [0.2, 0.25) is 0 Å². The maximum absolute atomic E-state index is 12.9. The van der Waals surface area contributed by atoms with E-state index in [1.807, 2.05) is 37.3 Å². The molecule has 136 valence electrons. The van der Waals surface area contributed by atoms with Gasteiger partial charge < -0.3 is 15.8 Å². The van der Waals surface area contributed by atoms with Gasteiger partial charge >= 0.3 is 0 Å². The summed E-state index contributed by atoms with van der Waals surface area (Å²) in [6.07, 6.45) is 0. The van der Waals surface area contributed by atoms with E-state index in [0.29, 0.717) is 23.1 Å². The van der Waals surface area contributed by atoms with Crippen molar-refractivity contribution in [2.24, 2.45) is 0 Å². The maximum atomic E-state index is 12.9. The molecule has 1 aromatic carbocycles. The predicted molar refractivity (Wildman–Crippen MR) is 108 cm³/mol. The number of rotatable bonds is 5. The fourth-order valence-electron chi connectivity index (χ4n) is 3.07. The van der Waals surface area contributed by atoms with E-state index < -0.39 is 0 Å². The number of nitrogens with one attached hydrogen (secondary N) is 1. The van der Waals surface area contributed by atoms with Crippen LogP contribution in [0, 0.1) is 6.92 Å². The van der Waals surface area contributed by atoms with Gasteiger partial charge in [-0.05, 0) is 36.1 Å². The number of nitrogen functional groups attached to an aromatic ring is 1. The number of aromatic nitrogens is 1. The molecule has 0 saturated heterocycles. The van der Waals surface area contributed by atoms with Crippen molar-refractivity contribution in [2.75, 3.05) is 18.2 Å². The van der Waals surface area contributed by atoms with Crippen LogP contribution in [0.1, 0.15) is 46.3 Å². The standard InChI is InChI=1S/C20H23N3O2S/c1-11(2)14-7-5-6-8-15(14)23-19(24)18-17(21)16-13(10-25-4)9-12(3)22-20(16)26-18/h5-9,11H,10,21H2,1-4H3,(H,23,24). The first-order valence-electron chi connectivity index (χ1n) is 8.50. The summed E-state index contributed by atoms with van der Waals surface area (Å²) in [6.45, 7) is 6.55. The van der Waals surface area contributed by atoms with Gasteiger partial charge in [0.15, 0.2) is 0 Å². The van der Waals surface area contributed by atoms with Crippen LogP contribution in [0.2, 0.25) is 0 Å². The molecule has 6 heteroatoms. The molecule has 0 saturated carbocycles. The van der Waals surface area contributed by atoms with Crippen LogP contribution >= 0.6 is 11.3 Å². The van der Waals surface area contributed by atoms with Crippen molar-refractivity contribution in [3.05, 3.63) is 52.0 Å². The quantitative estimate of drug-likeness (QED) is 0.683. The topological polar surface area (TPSA) is 77.2 Å². The van der Waals surface area contributed by atoms with Crippen LogP contribution in [0.5, 0.6) is 0 Å². The third-order valence-electron chi connectivity index (χ3n) is 4.25. The Bertz CT molecular complexity index is 963. The van der Waals surface area contributed by atoms with Gasteiger partial charge in [0, 0.05) is 23.9 Å². The number of amides is 1. The number of carbonyl (C=O) groups excluding carboxylic acids is 1. The molecule has 0 aliphatic heterocycles. The van der Waals surface area contributed by atoms with Gasteiger partial charge in [0.1, 0.15) is 9.71 Å². The molecule has 5 nitrogen and oxygen atoms in total. The lowest BCUT2D eigenvalue weighted by Crippen LogP contribution is -2.13. The number of nitrogens with two attached hydrogens (primary N) is 1. The van der Waals surface area contributed by atoms with E-state index in [-0.39, 0.29) is 5.91 Å². The average molecular weight is 369 g/mol. The fourth-order valence-corrected chi connectivity index (χ4v) is 4.15. The molecular formula is C20H23N3O2S. The Balaban J connectivity index is 2.02. The second-order valence-electron chi connectivity index (χ2n) is 6.58. The predicted octanol–water partition coefficient (Wildman–Crippen LogP) is 4.71. The van der Waals surface area contributed by atoms with Crippen molar-refractivity contribution in [1.29, 1.82) is 0 Å². The lowest BCUT2D eigenvalue weighted by molar-refractivity contribution is 0.103. The molecule has 0 bridgehead atoms. The highest BCUT2D eigenvalue weighted by molar-refractivity contribution is 7.21. The van der Waals surface area contributed by atoms with Gasteiger partial charge in [-0.15, -0.1) is 11.3 Å². The molecule has 3 N–H and O–H groups in total. The number of fused-ring (bicyclic) bond motifs is 1. The number of benzene rings is 1. The zero-order valence-corrected chi connectivity index (χ0v) is 16.2. The molecule has 2 aromatic heterocycles. The summed E-state index contributed by atoms with van der Waals surface area (Å²) in [7, 11) is 1.64. The third-order valence-corrected chi connectivity index (χ3v) is 5.34. The molecule has 26 heavy (non-hydrogen) atoms. The number of thiophene rings is 1. The highest BCUT2D eigenvalue weighted by atomic mass is 32.1. The van der Waals surface area contributed by atoms with Gasteiger partial charge in [0.25, 0.3) is 5.91 Å². The molecule has 3 rings (SSSR count). The first-order chi connectivity index (χ1) is 12.4. The zero-order chi connectivity index (χ0) is 18.8. The Morgan fingerprint density at radius 3 is 2.77 bits per heavy atom. The highest BCUT2D eigenvalue weighted by Crippen LogP contribution is 2.36. The molecule has 0 fully saturated rings. The molecular weight excluding hydrogens is 346 g/mol. The van der Waals surface area contributed by atoms with Crippen LogP contribution in [0.15, 0.2) is 30.3 Å². The summed E-state index contributed by atoms with van der Waals surface area (Å²) in [4.78, 5) is 18.7. The Morgan fingerprint density at radius 2 is 2.08 bits per heavy atom. The Morgan fingerprint density at radius 1 is 1.35 bits per heavy atom. The Hall–Kier alpha value is -2.44. The van der Waals surface area contributed by atoms with E-state index in [1.165, 1.54) is 11.3 Å². The van der Waals surface area contributed by atoms with E-state index in [4.69, 9.17) is 10.5 Å². The van der Waals surface area contributed by atoms with Crippen LogP contribution in [0.4, 0.5) is 11.4 Å². The lowest BCUT2D eigenvalue weighted by atomic mass is 10.0. The smallest absolute Gasteiger partial charge is 0.267 e. The molecule has 0 aliphatic carbocycles. The monoisotopic (exact) mass is 369 g/mol. The van der Waals surface area contributed by atoms with E-state index in [0.717, 1.165) is 32.7 Å². The van der Waals surface area contributed by atoms with Gasteiger partial charge in [-0.2, -0.15) is 0 Å². The number of methoxy groups -OCH3 is 1. The number of para-hydroxylation sites is 1. The van der Waals surface area contributed by atoms with Gasteiger partial charge in [0.05, 0.1) is 12.3 Å². The van der Waals surface area contributed by atoms with Crippen LogP contribution in [0.25, 0.3) is 10.2 Å². The van der Waals surface area contributed by atoms with E-state index in [9.17, 15) is 4.79 Å². The summed E-state index contributed by atoms with van der Waals surface area (Å²) >= 11 is 1.32. The summed E-state index contributed by atoms with van der Waals surface area (Å²) in [5, 5.41) is 3.82. The van der Waals surface area contributed by atoms with Crippen molar-refractivity contribution in [1.82, 2.24) is 4.98 Å². The Kier molecular flexibility index (Phi) is 5.25. The number of nitrogens with zero attached hydrogens (tertiary/aromatic N) is 1. The number of carbonyl (C=O) groups is 1. The van der Waals surface area contributed by atoms with E-state index >= 15 is 0 Å².